The van der Waals surface area contributed by atoms with Crippen molar-refractivity contribution in [1.29, 1.82) is 0 Å². The molecule has 5 atom stereocenters. The number of ether oxygens (including phenoxy) is 3. The van der Waals surface area contributed by atoms with Crippen molar-refractivity contribution in [3.8, 4) is 0 Å². The molecule has 0 bridgehead atoms. The molecular formula is C28H36O5. The van der Waals surface area contributed by atoms with Crippen LogP contribution in [0.1, 0.15) is 70.4 Å². The van der Waals surface area contributed by atoms with Gasteiger partial charge in [-0.1, -0.05) is 50.8 Å². The summed E-state index contributed by atoms with van der Waals surface area (Å²) in [5, 5.41) is 0. The second-order valence-corrected chi connectivity index (χ2v) is 10.5. The van der Waals surface area contributed by atoms with Gasteiger partial charge < -0.3 is 14.2 Å². The van der Waals surface area contributed by atoms with E-state index in [1.54, 1.807) is 0 Å². The molecule has 2 aliphatic heterocycles. The van der Waals surface area contributed by atoms with Crippen LogP contribution in [0, 0.1) is 11.8 Å². The van der Waals surface area contributed by atoms with Crippen LogP contribution in [0.3, 0.4) is 0 Å². The van der Waals surface area contributed by atoms with Gasteiger partial charge in [-0.15, -0.1) is 0 Å². The van der Waals surface area contributed by atoms with Crippen molar-refractivity contribution >= 4 is 11.9 Å². The number of carbonyl (C=O) groups excluding carboxylic acids is 2. The first-order valence-corrected chi connectivity index (χ1v) is 12.2. The van der Waals surface area contributed by atoms with E-state index in [2.05, 4.69) is 45.6 Å². The fourth-order valence-electron chi connectivity index (χ4n) is 5.09. The van der Waals surface area contributed by atoms with E-state index in [1.807, 2.05) is 19.1 Å². The number of benzene rings is 1. The summed E-state index contributed by atoms with van der Waals surface area (Å²) in [7, 11) is 0. The third kappa shape index (κ3) is 5.24. The number of epoxide rings is 1. The lowest BCUT2D eigenvalue weighted by Gasteiger charge is -2.20. The average molecular weight is 453 g/mol. The van der Waals surface area contributed by atoms with E-state index >= 15 is 0 Å². The molecule has 1 unspecified atom stereocenters. The fraction of sp³-hybridized carbons (Fsp3) is 0.571. The molecule has 5 heteroatoms. The molecule has 178 valence electrons. The smallest absolute Gasteiger partial charge is 0.334 e. The second-order valence-electron chi connectivity index (χ2n) is 10.5. The summed E-state index contributed by atoms with van der Waals surface area (Å²) in [4.78, 5) is 24.9. The van der Waals surface area contributed by atoms with E-state index in [0.29, 0.717) is 11.5 Å². The largest absolute Gasteiger partial charge is 0.461 e. The van der Waals surface area contributed by atoms with E-state index in [0.717, 1.165) is 43.2 Å². The Bertz CT molecular complexity index is 944. The SMILES string of the molecule is C=C1C(=O)O[C@H]2[C@H]1CC/C(COC(=O)C(C)c1ccc(CC(C)C)cc1)=C\CC[C@@]1(C)O[C@@H]21. The van der Waals surface area contributed by atoms with Crippen molar-refractivity contribution < 1.29 is 23.8 Å². The number of hydrogen-bond acceptors (Lipinski definition) is 5. The predicted octanol–water partition coefficient (Wildman–Crippen LogP) is 5.29. The van der Waals surface area contributed by atoms with Gasteiger partial charge >= 0.3 is 11.9 Å². The zero-order valence-corrected chi connectivity index (χ0v) is 20.3. The van der Waals surface area contributed by atoms with Crippen molar-refractivity contribution in [2.24, 2.45) is 11.8 Å². The topological polar surface area (TPSA) is 65.1 Å². The molecule has 2 fully saturated rings. The van der Waals surface area contributed by atoms with Gasteiger partial charge in [-0.3, -0.25) is 4.79 Å². The second kappa shape index (κ2) is 9.46. The van der Waals surface area contributed by atoms with E-state index < -0.39 is 0 Å². The third-order valence-corrected chi connectivity index (χ3v) is 7.32. The Morgan fingerprint density at radius 3 is 2.67 bits per heavy atom. The van der Waals surface area contributed by atoms with Gasteiger partial charge in [-0.2, -0.15) is 0 Å². The number of carbonyl (C=O) groups is 2. The van der Waals surface area contributed by atoms with Crippen LogP contribution in [0.4, 0.5) is 0 Å². The molecule has 2 heterocycles. The summed E-state index contributed by atoms with van der Waals surface area (Å²) < 4.78 is 17.3. The van der Waals surface area contributed by atoms with Gasteiger partial charge in [0.15, 0.2) is 0 Å². The van der Waals surface area contributed by atoms with Crippen molar-refractivity contribution in [2.75, 3.05) is 6.61 Å². The Labute approximate surface area is 197 Å². The van der Waals surface area contributed by atoms with Gasteiger partial charge in [-0.05, 0) is 68.6 Å². The lowest BCUT2D eigenvalue weighted by molar-refractivity contribution is -0.144. The van der Waals surface area contributed by atoms with Crippen LogP contribution in [0.2, 0.25) is 0 Å². The number of esters is 2. The van der Waals surface area contributed by atoms with Crippen LogP contribution >= 0.6 is 0 Å². The van der Waals surface area contributed by atoms with Crippen molar-refractivity contribution in [2.45, 2.75) is 83.5 Å². The van der Waals surface area contributed by atoms with Gasteiger partial charge in [0.2, 0.25) is 0 Å². The molecule has 0 aromatic heterocycles. The molecule has 1 aliphatic carbocycles. The van der Waals surface area contributed by atoms with Crippen LogP contribution < -0.4 is 0 Å². The highest BCUT2D eigenvalue weighted by Crippen LogP contribution is 2.49. The zero-order chi connectivity index (χ0) is 23.8. The first-order chi connectivity index (χ1) is 15.7. The van der Waals surface area contributed by atoms with Crippen molar-refractivity contribution in [3.05, 3.63) is 59.2 Å². The maximum absolute atomic E-state index is 12.8. The summed E-state index contributed by atoms with van der Waals surface area (Å²) in [5.74, 6) is -0.297. The van der Waals surface area contributed by atoms with E-state index in [4.69, 9.17) is 14.2 Å². The maximum Gasteiger partial charge on any atom is 0.334 e. The number of hydrogen-bond donors (Lipinski definition) is 0. The Hall–Kier alpha value is -2.40. The number of fused-ring (bicyclic) bond motifs is 3. The van der Waals surface area contributed by atoms with Crippen LogP contribution in [-0.4, -0.2) is 36.4 Å². The summed E-state index contributed by atoms with van der Waals surface area (Å²) in [6.45, 7) is 12.6. The fourth-order valence-corrected chi connectivity index (χ4v) is 5.09. The molecule has 0 spiro atoms. The summed E-state index contributed by atoms with van der Waals surface area (Å²) in [5.41, 5.74) is 3.60. The van der Waals surface area contributed by atoms with Gasteiger partial charge in [0.25, 0.3) is 0 Å². The zero-order valence-electron chi connectivity index (χ0n) is 20.3. The predicted molar refractivity (Wildman–Crippen MR) is 127 cm³/mol. The van der Waals surface area contributed by atoms with Crippen molar-refractivity contribution in [1.82, 2.24) is 0 Å². The molecule has 1 aromatic rings. The lowest BCUT2D eigenvalue weighted by Crippen LogP contribution is -2.29. The maximum atomic E-state index is 12.8. The molecule has 4 rings (SSSR count). The Kier molecular flexibility index (Phi) is 6.81. The van der Waals surface area contributed by atoms with Crippen LogP contribution in [0.25, 0.3) is 0 Å². The monoisotopic (exact) mass is 452 g/mol. The molecule has 3 aliphatic rings. The van der Waals surface area contributed by atoms with E-state index in [1.165, 1.54) is 5.56 Å². The van der Waals surface area contributed by atoms with Gasteiger partial charge in [0.1, 0.15) is 18.8 Å². The molecule has 0 saturated carbocycles. The number of allylic oxidation sites excluding steroid dienone is 1. The molecule has 0 amide bonds. The minimum absolute atomic E-state index is 0.0498. The molecule has 5 nitrogen and oxygen atoms in total. The minimum atomic E-state index is -0.317. The molecule has 1 aromatic carbocycles. The highest BCUT2D eigenvalue weighted by atomic mass is 16.6. The quantitative estimate of drug-likeness (QED) is 0.254. The normalized spacial score (nSPS) is 31.7. The summed E-state index contributed by atoms with van der Waals surface area (Å²) in [6.07, 6.45) is 6.07. The highest BCUT2D eigenvalue weighted by molar-refractivity contribution is 5.91. The van der Waals surface area contributed by atoms with Crippen LogP contribution in [-0.2, 0) is 30.2 Å². The van der Waals surface area contributed by atoms with Crippen molar-refractivity contribution in [3.63, 3.8) is 0 Å². The molecule has 33 heavy (non-hydrogen) atoms. The number of rotatable bonds is 6. The molecule has 0 N–H and O–H groups in total. The first-order valence-electron chi connectivity index (χ1n) is 12.2. The van der Waals surface area contributed by atoms with Gasteiger partial charge in [-0.25, -0.2) is 4.79 Å². The third-order valence-electron chi connectivity index (χ3n) is 7.32. The summed E-state index contributed by atoms with van der Waals surface area (Å²) in [6, 6.07) is 8.26. The Morgan fingerprint density at radius 2 is 1.97 bits per heavy atom. The van der Waals surface area contributed by atoms with Crippen LogP contribution in [0.5, 0.6) is 0 Å². The van der Waals surface area contributed by atoms with E-state index in [9.17, 15) is 9.59 Å². The minimum Gasteiger partial charge on any atom is -0.461 e. The Morgan fingerprint density at radius 1 is 1.24 bits per heavy atom. The molecule has 0 radical (unpaired) electrons. The lowest BCUT2D eigenvalue weighted by atomic mass is 9.84. The average Bonchev–Trinajstić information content (AvgIpc) is 3.37. The van der Waals surface area contributed by atoms with Gasteiger partial charge in [0.05, 0.1) is 11.5 Å². The van der Waals surface area contributed by atoms with E-state index in [-0.39, 0.29) is 48.2 Å². The molecule has 2 saturated heterocycles. The molecular weight excluding hydrogens is 416 g/mol. The summed E-state index contributed by atoms with van der Waals surface area (Å²) >= 11 is 0. The van der Waals surface area contributed by atoms with Crippen LogP contribution in [0.15, 0.2) is 48.1 Å². The Balaban J connectivity index is 1.37. The standard InChI is InChI=1S/C28H36O5/c1-17(2)15-20-8-11-22(12-9-20)18(3)26(29)31-16-21-7-6-14-28(5)25(33-28)24-23(13-10-21)19(4)27(30)32-24/h7-9,11-12,17-18,23-25H,4,6,10,13-16H2,1-3,5H3/b21-7+/t18?,23-,24-,25-,28+/m0/s1. The van der Waals surface area contributed by atoms with Gasteiger partial charge in [0, 0.05) is 11.5 Å². The first kappa shape index (κ1) is 23.7. The highest BCUT2D eigenvalue weighted by Gasteiger charge is 2.61.